The molecular weight excluding hydrogens is 346 g/mol. The molecule has 0 saturated carbocycles. The number of aromatic nitrogens is 6. The molecule has 0 N–H and O–H groups in total. The summed E-state index contributed by atoms with van der Waals surface area (Å²) in [5, 5.41) is 12.7. The molecule has 0 aromatic carbocycles. The average Bonchev–Trinajstić information content (AvgIpc) is 3.44. The van der Waals surface area contributed by atoms with E-state index >= 15 is 0 Å². The third kappa shape index (κ3) is 3.49. The van der Waals surface area contributed by atoms with Crippen LogP contribution in [-0.2, 0) is 20.0 Å². The zero-order valence-corrected chi connectivity index (χ0v) is 15.6. The van der Waals surface area contributed by atoms with Crippen molar-refractivity contribution in [3.63, 3.8) is 0 Å². The lowest BCUT2D eigenvalue weighted by molar-refractivity contribution is 0.0661. The fourth-order valence-electron chi connectivity index (χ4n) is 3.52. The molecule has 4 heterocycles. The van der Waals surface area contributed by atoms with E-state index in [4.69, 9.17) is 4.52 Å². The molecule has 1 aliphatic rings. The predicted octanol–water partition coefficient (Wildman–Crippen LogP) is 1.63. The molecule has 142 valence electrons. The number of rotatable bonds is 5. The van der Waals surface area contributed by atoms with Crippen LogP contribution in [0.1, 0.15) is 53.6 Å². The standard InChI is InChI=1S/C18H23N7O2/c1-3-14-9-15(27-22-14)18(26)25-7-4-5-13(10-25)17-21-20-16(23(17)2)11-24-8-6-19-12-24/h6,8-9,12-13H,3-5,7,10-11H2,1-2H3. The highest BCUT2D eigenvalue weighted by Gasteiger charge is 2.30. The van der Waals surface area contributed by atoms with Crippen LogP contribution in [0.15, 0.2) is 29.3 Å². The second kappa shape index (κ2) is 7.34. The van der Waals surface area contributed by atoms with E-state index in [1.165, 1.54) is 0 Å². The van der Waals surface area contributed by atoms with Gasteiger partial charge in [0.25, 0.3) is 5.91 Å². The molecule has 1 aliphatic heterocycles. The number of hydrogen-bond donors (Lipinski definition) is 0. The van der Waals surface area contributed by atoms with Crippen molar-refractivity contribution in [2.45, 2.75) is 38.6 Å². The average molecular weight is 369 g/mol. The van der Waals surface area contributed by atoms with Crippen molar-refractivity contribution >= 4 is 5.91 Å². The molecular formula is C18H23N7O2. The van der Waals surface area contributed by atoms with Crippen LogP contribution in [0.4, 0.5) is 0 Å². The van der Waals surface area contributed by atoms with Gasteiger partial charge in [0.2, 0.25) is 5.76 Å². The molecule has 9 heteroatoms. The van der Waals surface area contributed by atoms with E-state index in [0.29, 0.717) is 18.8 Å². The van der Waals surface area contributed by atoms with Gasteiger partial charge < -0.3 is 18.6 Å². The first-order valence-electron chi connectivity index (χ1n) is 9.24. The van der Waals surface area contributed by atoms with Crippen LogP contribution in [0, 0.1) is 0 Å². The zero-order valence-electron chi connectivity index (χ0n) is 15.6. The minimum atomic E-state index is -0.104. The lowest BCUT2D eigenvalue weighted by Gasteiger charge is -2.31. The lowest BCUT2D eigenvalue weighted by Crippen LogP contribution is -2.39. The first kappa shape index (κ1) is 17.4. The third-order valence-corrected chi connectivity index (χ3v) is 5.09. The van der Waals surface area contributed by atoms with Crippen LogP contribution in [-0.4, -0.2) is 53.4 Å². The summed E-state index contributed by atoms with van der Waals surface area (Å²) in [4.78, 5) is 18.6. The maximum absolute atomic E-state index is 12.7. The smallest absolute Gasteiger partial charge is 0.292 e. The van der Waals surface area contributed by atoms with Gasteiger partial charge >= 0.3 is 0 Å². The van der Waals surface area contributed by atoms with Gasteiger partial charge in [0, 0.05) is 44.5 Å². The zero-order chi connectivity index (χ0) is 18.8. The SMILES string of the molecule is CCc1cc(C(=O)N2CCCC(c3nnc(Cn4ccnc4)n3C)C2)on1. The summed E-state index contributed by atoms with van der Waals surface area (Å²) in [5.41, 5.74) is 0.796. The van der Waals surface area contributed by atoms with Gasteiger partial charge in [-0.2, -0.15) is 0 Å². The number of hydrogen-bond acceptors (Lipinski definition) is 6. The van der Waals surface area contributed by atoms with E-state index in [1.807, 2.05) is 34.2 Å². The molecule has 3 aromatic heterocycles. The van der Waals surface area contributed by atoms with Crippen molar-refractivity contribution in [1.82, 2.24) is 34.4 Å². The Morgan fingerprint density at radius 2 is 2.26 bits per heavy atom. The monoisotopic (exact) mass is 369 g/mol. The van der Waals surface area contributed by atoms with Crippen molar-refractivity contribution in [3.8, 4) is 0 Å². The topological polar surface area (TPSA) is 94.9 Å². The van der Waals surface area contributed by atoms with Gasteiger partial charge in [-0.05, 0) is 19.3 Å². The molecule has 1 unspecified atom stereocenters. The maximum atomic E-state index is 12.7. The maximum Gasteiger partial charge on any atom is 0.292 e. The molecule has 0 spiro atoms. The molecule has 27 heavy (non-hydrogen) atoms. The molecule has 3 aromatic rings. The van der Waals surface area contributed by atoms with E-state index < -0.39 is 0 Å². The third-order valence-electron chi connectivity index (χ3n) is 5.09. The predicted molar refractivity (Wildman–Crippen MR) is 96.1 cm³/mol. The highest BCUT2D eigenvalue weighted by Crippen LogP contribution is 2.27. The van der Waals surface area contributed by atoms with Crippen molar-refractivity contribution in [3.05, 3.63) is 47.9 Å². The number of imidazole rings is 1. The Morgan fingerprint density at radius 3 is 3.00 bits per heavy atom. The van der Waals surface area contributed by atoms with Gasteiger partial charge in [0.1, 0.15) is 5.82 Å². The molecule has 1 saturated heterocycles. The highest BCUT2D eigenvalue weighted by atomic mass is 16.5. The Morgan fingerprint density at radius 1 is 1.37 bits per heavy atom. The number of likely N-dealkylation sites (tertiary alicyclic amines) is 1. The van der Waals surface area contributed by atoms with E-state index in [1.54, 1.807) is 18.6 Å². The highest BCUT2D eigenvalue weighted by molar-refractivity contribution is 5.91. The van der Waals surface area contributed by atoms with Crippen LogP contribution < -0.4 is 0 Å². The summed E-state index contributed by atoms with van der Waals surface area (Å²) in [6.45, 7) is 3.94. The summed E-state index contributed by atoms with van der Waals surface area (Å²) >= 11 is 0. The van der Waals surface area contributed by atoms with Crippen LogP contribution >= 0.6 is 0 Å². The Hall–Kier alpha value is -2.97. The molecule has 4 rings (SSSR count). The van der Waals surface area contributed by atoms with Crippen LogP contribution in [0.3, 0.4) is 0 Å². The quantitative estimate of drug-likeness (QED) is 0.678. The first-order chi connectivity index (χ1) is 13.2. The normalized spacial score (nSPS) is 17.4. The Balaban J connectivity index is 1.48. The summed E-state index contributed by atoms with van der Waals surface area (Å²) in [6, 6.07) is 1.73. The molecule has 1 fully saturated rings. The number of piperidine rings is 1. The summed E-state index contributed by atoms with van der Waals surface area (Å²) in [5.74, 6) is 2.15. The summed E-state index contributed by atoms with van der Waals surface area (Å²) in [6.07, 6.45) is 8.06. The Kier molecular flexibility index (Phi) is 4.74. The van der Waals surface area contributed by atoms with Crippen molar-refractivity contribution in [1.29, 1.82) is 0 Å². The number of carbonyl (C=O) groups is 1. The summed E-state index contributed by atoms with van der Waals surface area (Å²) < 4.78 is 9.20. The second-order valence-corrected chi connectivity index (χ2v) is 6.89. The fraction of sp³-hybridized carbons (Fsp3) is 0.500. The number of nitrogens with zero attached hydrogens (tertiary/aromatic N) is 7. The Bertz CT molecular complexity index is 912. The van der Waals surface area contributed by atoms with E-state index in [2.05, 4.69) is 20.3 Å². The number of amides is 1. The largest absolute Gasteiger partial charge is 0.351 e. The minimum Gasteiger partial charge on any atom is -0.351 e. The van der Waals surface area contributed by atoms with E-state index in [9.17, 15) is 4.79 Å². The second-order valence-electron chi connectivity index (χ2n) is 6.89. The van der Waals surface area contributed by atoms with Gasteiger partial charge in [-0.15, -0.1) is 10.2 Å². The molecule has 1 amide bonds. The molecule has 9 nitrogen and oxygen atoms in total. The fourth-order valence-corrected chi connectivity index (χ4v) is 3.52. The first-order valence-corrected chi connectivity index (χ1v) is 9.24. The number of aryl methyl sites for hydroxylation is 1. The molecule has 1 atom stereocenters. The van der Waals surface area contributed by atoms with Crippen LogP contribution in [0.5, 0.6) is 0 Å². The van der Waals surface area contributed by atoms with Gasteiger partial charge in [-0.25, -0.2) is 4.98 Å². The van der Waals surface area contributed by atoms with Crippen LogP contribution in [0.25, 0.3) is 0 Å². The Labute approximate surface area is 157 Å². The van der Waals surface area contributed by atoms with Crippen molar-refractivity contribution in [2.24, 2.45) is 7.05 Å². The van der Waals surface area contributed by atoms with Gasteiger partial charge in [0.05, 0.1) is 18.6 Å². The van der Waals surface area contributed by atoms with Gasteiger partial charge in [-0.1, -0.05) is 12.1 Å². The van der Waals surface area contributed by atoms with Crippen molar-refractivity contribution < 1.29 is 9.32 Å². The molecule has 0 aliphatic carbocycles. The molecule has 0 radical (unpaired) electrons. The lowest BCUT2D eigenvalue weighted by atomic mass is 9.97. The van der Waals surface area contributed by atoms with Crippen LogP contribution in [0.2, 0.25) is 0 Å². The summed E-state index contributed by atoms with van der Waals surface area (Å²) in [7, 11) is 1.98. The minimum absolute atomic E-state index is 0.104. The van der Waals surface area contributed by atoms with Crippen molar-refractivity contribution in [2.75, 3.05) is 13.1 Å². The van der Waals surface area contributed by atoms with E-state index in [-0.39, 0.29) is 11.8 Å². The van der Waals surface area contributed by atoms with E-state index in [0.717, 1.165) is 43.1 Å². The molecule has 0 bridgehead atoms. The number of carbonyl (C=O) groups excluding carboxylic acids is 1. The van der Waals surface area contributed by atoms with Gasteiger partial charge in [0.15, 0.2) is 5.82 Å². The van der Waals surface area contributed by atoms with Gasteiger partial charge in [-0.3, -0.25) is 4.79 Å².